The van der Waals surface area contributed by atoms with Gasteiger partial charge in [0.05, 0.1) is 0 Å². The Morgan fingerprint density at radius 1 is 1.59 bits per heavy atom. The molecule has 0 atom stereocenters. The number of carbonyl (C=O) groups is 1. The van der Waals surface area contributed by atoms with Gasteiger partial charge in [0, 0.05) is 18.0 Å². The monoisotopic (exact) mass is 225 g/mol. The van der Waals surface area contributed by atoms with E-state index in [2.05, 4.69) is 23.1 Å². The van der Waals surface area contributed by atoms with Gasteiger partial charge >= 0.3 is 0 Å². The molecule has 0 aliphatic carbocycles. The van der Waals surface area contributed by atoms with Gasteiger partial charge in [-0.1, -0.05) is 13.2 Å². The molecule has 0 unspecified atom stereocenters. The molecule has 0 fully saturated rings. The molecule has 84 valence electrons. The first-order chi connectivity index (χ1) is 8.08. The van der Waals surface area contributed by atoms with Crippen LogP contribution in [0.3, 0.4) is 0 Å². The molecule has 4 nitrogen and oxygen atoms in total. The normalized spacial score (nSPS) is 9.88. The van der Waals surface area contributed by atoms with Crippen molar-refractivity contribution in [3.05, 3.63) is 47.9 Å². The first kappa shape index (κ1) is 12.5. The summed E-state index contributed by atoms with van der Waals surface area (Å²) in [7, 11) is 0. The van der Waals surface area contributed by atoms with Crippen LogP contribution in [0.4, 0.5) is 0 Å². The van der Waals surface area contributed by atoms with Crippen LogP contribution in [0.5, 0.6) is 0 Å². The molecule has 4 heteroatoms. The highest BCUT2D eigenvalue weighted by atomic mass is 16.1. The van der Waals surface area contributed by atoms with Crippen molar-refractivity contribution >= 4 is 18.1 Å². The van der Waals surface area contributed by atoms with Gasteiger partial charge < -0.3 is 0 Å². The van der Waals surface area contributed by atoms with E-state index in [1.165, 1.54) is 6.21 Å². The molecule has 17 heavy (non-hydrogen) atoms. The van der Waals surface area contributed by atoms with E-state index in [1.807, 2.05) is 13.0 Å². The highest BCUT2D eigenvalue weighted by Crippen LogP contribution is 2.15. The average Bonchev–Trinajstić information content (AvgIpc) is 2.35. The fourth-order valence-corrected chi connectivity index (χ4v) is 1.23. The first-order valence-electron chi connectivity index (χ1n) is 4.82. The smallest absolute Gasteiger partial charge is 0.168 e. The van der Waals surface area contributed by atoms with E-state index in [1.54, 1.807) is 12.3 Å². The molecular weight excluding hydrogens is 214 g/mol. The Bertz CT molecular complexity index is 550. The maximum absolute atomic E-state index is 10.5. The van der Waals surface area contributed by atoms with Crippen LogP contribution in [-0.2, 0) is 0 Å². The number of nitrogens with zero attached hydrogens (tertiary/aromatic N) is 3. The largest absolute Gasteiger partial charge is 0.296 e. The van der Waals surface area contributed by atoms with Crippen LogP contribution in [0, 0.1) is 18.3 Å². The van der Waals surface area contributed by atoms with Gasteiger partial charge in [-0.3, -0.25) is 9.78 Å². The van der Waals surface area contributed by atoms with Crippen LogP contribution in [0.15, 0.2) is 36.1 Å². The quantitative estimate of drug-likeness (QED) is 0.448. The second-order valence-corrected chi connectivity index (χ2v) is 3.38. The van der Waals surface area contributed by atoms with Gasteiger partial charge in [0.1, 0.15) is 17.5 Å². The number of aromatic nitrogens is 1. The second kappa shape index (κ2) is 5.52. The van der Waals surface area contributed by atoms with Gasteiger partial charge in [-0.05, 0) is 24.1 Å². The van der Waals surface area contributed by atoms with Crippen molar-refractivity contribution in [2.24, 2.45) is 4.99 Å². The number of rotatable bonds is 4. The molecule has 0 amide bonds. The summed E-state index contributed by atoms with van der Waals surface area (Å²) in [5.74, 6) is 0. The van der Waals surface area contributed by atoms with Crippen LogP contribution in [0.2, 0.25) is 0 Å². The maximum Gasteiger partial charge on any atom is 0.168 e. The van der Waals surface area contributed by atoms with E-state index < -0.39 is 0 Å². The number of pyridine rings is 1. The Balaban J connectivity index is 2.98. The standard InChI is InChI=1S/C13H11N3O/c1-9-4-12(8-17)16-7-13(9)10(2)6-15-11(3)5-14/h4,6-8H,2-3H2,1H3. The van der Waals surface area contributed by atoms with Crippen molar-refractivity contribution in [1.82, 2.24) is 4.98 Å². The summed E-state index contributed by atoms with van der Waals surface area (Å²) in [6.07, 6.45) is 3.70. The molecule has 0 bridgehead atoms. The number of aldehydes is 1. The lowest BCUT2D eigenvalue weighted by Gasteiger charge is -2.04. The molecule has 0 radical (unpaired) electrons. The molecule has 0 saturated carbocycles. The number of nitriles is 1. The summed E-state index contributed by atoms with van der Waals surface area (Å²) in [6, 6.07) is 3.48. The first-order valence-corrected chi connectivity index (χ1v) is 4.82. The van der Waals surface area contributed by atoms with Crippen LogP contribution in [0.25, 0.3) is 5.57 Å². The van der Waals surface area contributed by atoms with Gasteiger partial charge in [-0.15, -0.1) is 0 Å². The zero-order valence-electron chi connectivity index (χ0n) is 9.47. The Labute approximate surface area is 99.6 Å². The molecule has 1 rings (SSSR count). The van der Waals surface area contributed by atoms with E-state index >= 15 is 0 Å². The zero-order valence-corrected chi connectivity index (χ0v) is 9.47. The average molecular weight is 225 g/mol. The minimum absolute atomic E-state index is 0.112. The number of aliphatic imine (C=N–C) groups is 1. The summed E-state index contributed by atoms with van der Waals surface area (Å²) in [6.45, 7) is 9.10. The van der Waals surface area contributed by atoms with Crippen LogP contribution >= 0.6 is 0 Å². The van der Waals surface area contributed by atoms with Crippen molar-refractivity contribution in [3.63, 3.8) is 0 Å². The van der Waals surface area contributed by atoms with Crippen LogP contribution in [-0.4, -0.2) is 17.5 Å². The molecule has 0 aliphatic heterocycles. The van der Waals surface area contributed by atoms with Gasteiger partial charge in [0.25, 0.3) is 0 Å². The third-order valence-corrected chi connectivity index (χ3v) is 2.10. The summed E-state index contributed by atoms with van der Waals surface area (Å²) >= 11 is 0. The van der Waals surface area contributed by atoms with Crippen LogP contribution in [0.1, 0.15) is 21.6 Å². The Morgan fingerprint density at radius 3 is 2.82 bits per heavy atom. The number of aryl methyl sites for hydroxylation is 1. The molecule has 0 aromatic carbocycles. The Hall–Kier alpha value is -2.54. The van der Waals surface area contributed by atoms with E-state index in [9.17, 15) is 4.79 Å². The minimum atomic E-state index is 0.112. The molecule has 1 aromatic rings. The van der Waals surface area contributed by atoms with Crippen LogP contribution < -0.4 is 0 Å². The fourth-order valence-electron chi connectivity index (χ4n) is 1.23. The third kappa shape index (κ3) is 3.21. The van der Waals surface area contributed by atoms with Gasteiger partial charge in [0.2, 0.25) is 0 Å². The highest BCUT2D eigenvalue weighted by Gasteiger charge is 2.03. The maximum atomic E-state index is 10.5. The third-order valence-electron chi connectivity index (χ3n) is 2.10. The molecule has 0 saturated heterocycles. The Kier molecular flexibility index (Phi) is 4.07. The second-order valence-electron chi connectivity index (χ2n) is 3.38. The topological polar surface area (TPSA) is 66.1 Å². The number of hydrogen-bond donors (Lipinski definition) is 0. The zero-order chi connectivity index (χ0) is 12.8. The van der Waals surface area contributed by atoms with E-state index in [0.29, 0.717) is 17.6 Å². The fraction of sp³-hybridized carbons (Fsp3) is 0.0769. The van der Waals surface area contributed by atoms with Crippen molar-refractivity contribution in [2.75, 3.05) is 0 Å². The lowest BCUT2D eigenvalue weighted by atomic mass is 10.0. The number of allylic oxidation sites excluding steroid dienone is 2. The Morgan fingerprint density at radius 2 is 2.29 bits per heavy atom. The van der Waals surface area contributed by atoms with Crippen molar-refractivity contribution in [3.8, 4) is 6.07 Å². The summed E-state index contributed by atoms with van der Waals surface area (Å²) in [4.78, 5) is 18.3. The van der Waals surface area contributed by atoms with Gasteiger partial charge in [0.15, 0.2) is 6.29 Å². The van der Waals surface area contributed by atoms with Crippen molar-refractivity contribution in [2.45, 2.75) is 6.92 Å². The molecule has 0 N–H and O–H groups in total. The highest BCUT2D eigenvalue weighted by molar-refractivity contribution is 6.09. The lowest BCUT2D eigenvalue weighted by molar-refractivity contribution is 0.111. The van der Waals surface area contributed by atoms with E-state index in [4.69, 9.17) is 5.26 Å². The molecule has 0 spiro atoms. The SMILES string of the molecule is C=C(C#N)N=CC(=C)c1cnc(C=O)cc1C. The number of carbonyl (C=O) groups excluding carboxylic acids is 1. The summed E-state index contributed by atoms with van der Waals surface area (Å²) in [5.41, 5.74) is 2.76. The predicted octanol–water partition coefficient (Wildman–Crippen LogP) is 2.32. The van der Waals surface area contributed by atoms with E-state index in [0.717, 1.165) is 11.1 Å². The lowest BCUT2D eigenvalue weighted by Crippen LogP contribution is -1.95. The minimum Gasteiger partial charge on any atom is -0.296 e. The van der Waals surface area contributed by atoms with Crippen molar-refractivity contribution < 1.29 is 4.79 Å². The van der Waals surface area contributed by atoms with Crippen molar-refractivity contribution in [1.29, 1.82) is 5.26 Å². The number of hydrogen-bond acceptors (Lipinski definition) is 4. The summed E-state index contributed by atoms with van der Waals surface area (Å²) in [5, 5.41) is 8.50. The van der Waals surface area contributed by atoms with E-state index in [-0.39, 0.29) is 5.70 Å². The molecular formula is C13H11N3O. The molecule has 0 aliphatic rings. The van der Waals surface area contributed by atoms with Gasteiger partial charge in [-0.25, -0.2) is 4.99 Å². The summed E-state index contributed by atoms with van der Waals surface area (Å²) < 4.78 is 0. The predicted molar refractivity (Wildman–Crippen MR) is 66.6 cm³/mol. The molecule has 1 aromatic heterocycles. The molecule has 1 heterocycles. The van der Waals surface area contributed by atoms with Gasteiger partial charge in [-0.2, -0.15) is 5.26 Å².